The molecule has 4 N–H and O–H groups in total. The van der Waals surface area contributed by atoms with Gasteiger partial charge in [0.25, 0.3) is 0 Å². The summed E-state index contributed by atoms with van der Waals surface area (Å²) in [6, 6.07) is 17.6. The molecule has 31 heavy (non-hydrogen) atoms. The Hall–Kier alpha value is -3.32. The van der Waals surface area contributed by atoms with Crippen LogP contribution in [-0.2, 0) is 6.54 Å². The molecule has 3 rings (SSSR count). The van der Waals surface area contributed by atoms with E-state index in [1.807, 2.05) is 81.6 Å². The molecule has 0 amide bonds. The molecule has 1 heterocycles. The Bertz CT molecular complexity index is 952. The van der Waals surface area contributed by atoms with Gasteiger partial charge in [-0.1, -0.05) is 42.5 Å². The van der Waals surface area contributed by atoms with Crippen LogP contribution >= 0.6 is 0 Å². The standard InChI is InChI=1S/C24H31N5O2/c1-4-25-24(27-15-22(30)19-10-12-20(13-11-19)31-17(2)3)28-16-23-26-14-21(29-23)18-8-6-5-7-9-18/h5-14,17,22,30H,4,15-16H2,1-3H3,(H,26,29)(H2,25,27,28). The number of nitrogens with zero attached hydrogens (tertiary/aromatic N) is 2. The van der Waals surface area contributed by atoms with Gasteiger partial charge in [-0.05, 0) is 44.0 Å². The second-order valence-electron chi connectivity index (χ2n) is 7.44. The number of rotatable bonds is 9. The average Bonchev–Trinajstić information content (AvgIpc) is 3.25. The minimum absolute atomic E-state index is 0.120. The van der Waals surface area contributed by atoms with Gasteiger partial charge < -0.3 is 25.5 Å². The zero-order valence-electron chi connectivity index (χ0n) is 18.3. The van der Waals surface area contributed by atoms with E-state index in [9.17, 15) is 5.11 Å². The first-order valence-corrected chi connectivity index (χ1v) is 10.6. The highest BCUT2D eigenvalue weighted by molar-refractivity contribution is 5.79. The van der Waals surface area contributed by atoms with Crippen molar-refractivity contribution in [3.05, 3.63) is 72.2 Å². The van der Waals surface area contributed by atoms with E-state index >= 15 is 0 Å². The van der Waals surface area contributed by atoms with E-state index in [0.29, 0.717) is 19.0 Å². The van der Waals surface area contributed by atoms with Gasteiger partial charge in [0.2, 0.25) is 0 Å². The van der Waals surface area contributed by atoms with Gasteiger partial charge in [0.15, 0.2) is 5.96 Å². The van der Waals surface area contributed by atoms with Crippen LogP contribution in [0, 0.1) is 0 Å². The van der Waals surface area contributed by atoms with Crippen LogP contribution in [0.1, 0.15) is 38.3 Å². The van der Waals surface area contributed by atoms with Crippen LogP contribution in [0.25, 0.3) is 11.3 Å². The molecule has 164 valence electrons. The number of H-pyrrole nitrogens is 1. The highest BCUT2D eigenvalue weighted by Gasteiger charge is 2.10. The molecule has 0 saturated heterocycles. The lowest BCUT2D eigenvalue weighted by Crippen LogP contribution is -2.39. The molecule has 1 aromatic heterocycles. The maximum atomic E-state index is 10.5. The van der Waals surface area contributed by atoms with Gasteiger partial charge in [-0.3, -0.25) is 0 Å². The summed E-state index contributed by atoms with van der Waals surface area (Å²) in [6.07, 6.45) is 1.27. The smallest absolute Gasteiger partial charge is 0.191 e. The zero-order valence-corrected chi connectivity index (χ0v) is 18.3. The minimum atomic E-state index is -0.662. The minimum Gasteiger partial charge on any atom is -0.491 e. The van der Waals surface area contributed by atoms with Crippen LogP contribution < -0.4 is 15.4 Å². The molecule has 0 bridgehead atoms. The summed E-state index contributed by atoms with van der Waals surface area (Å²) in [6.45, 7) is 7.43. The number of aromatic amines is 1. The van der Waals surface area contributed by atoms with Gasteiger partial charge in [0.05, 0.1) is 24.1 Å². The monoisotopic (exact) mass is 421 g/mol. The molecular weight excluding hydrogens is 390 g/mol. The van der Waals surface area contributed by atoms with Crippen molar-refractivity contribution >= 4 is 5.96 Å². The average molecular weight is 422 g/mol. The van der Waals surface area contributed by atoms with Crippen molar-refractivity contribution in [2.75, 3.05) is 13.1 Å². The normalized spacial score (nSPS) is 12.6. The van der Waals surface area contributed by atoms with Crippen molar-refractivity contribution in [2.24, 2.45) is 4.99 Å². The molecule has 0 aliphatic carbocycles. The molecule has 0 saturated carbocycles. The Kier molecular flexibility index (Phi) is 8.06. The van der Waals surface area contributed by atoms with Gasteiger partial charge in [-0.15, -0.1) is 0 Å². The number of guanidine groups is 1. The number of aromatic nitrogens is 2. The zero-order chi connectivity index (χ0) is 22.1. The van der Waals surface area contributed by atoms with Crippen molar-refractivity contribution in [2.45, 2.75) is 39.5 Å². The number of aliphatic imine (C=N–C) groups is 1. The van der Waals surface area contributed by atoms with Crippen LogP contribution in [-0.4, -0.2) is 40.2 Å². The molecule has 2 aromatic carbocycles. The van der Waals surface area contributed by atoms with E-state index in [4.69, 9.17) is 4.74 Å². The highest BCUT2D eigenvalue weighted by Crippen LogP contribution is 2.19. The lowest BCUT2D eigenvalue weighted by molar-refractivity contribution is 0.180. The lowest BCUT2D eigenvalue weighted by atomic mass is 10.1. The molecule has 0 fully saturated rings. The van der Waals surface area contributed by atoms with E-state index in [2.05, 4.69) is 25.6 Å². The number of nitrogens with one attached hydrogen (secondary N) is 3. The molecule has 0 radical (unpaired) electrons. The number of aliphatic hydroxyl groups is 1. The largest absolute Gasteiger partial charge is 0.491 e. The fourth-order valence-electron chi connectivity index (χ4n) is 3.05. The van der Waals surface area contributed by atoms with E-state index in [1.54, 1.807) is 0 Å². The van der Waals surface area contributed by atoms with E-state index in [-0.39, 0.29) is 6.10 Å². The van der Waals surface area contributed by atoms with Crippen molar-refractivity contribution < 1.29 is 9.84 Å². The van der Waals surface area contributed by atoms with Crippen molar-refractivity contribution in [3.8, 4) is 17.0 Å². The Balaban J connectivity index is 1.56. The Labute approximate surface area is 183 Å². The third-order valence-electron chi connectivity index (χ3n) is 4.54. The predicted octanol–water partition coefficient (Wildman–Crippen LogP) is 3.65. The van der Waals surface area contributed by atoms with E-state index in [0.717, 1.165) is 34.9 Å². The first-order valence-electron chi connectivity index (χ1n) is 10.6. The first-order chi connectivity index (χ1) is 15.0. The molecular formula is C24H31N5O2. The maximum absolute atomic E-state index is 10.5. The second kappa shape index (κ2) is 11.2. The maximum Gasteiger partial charge on any atom is 0.191 e. The van der Waals surface area contributed by atoms with Gasteiger partial charge in [-0.2, -0.15) is 0 Å². The summed E-state index contributed by atoms with van der Waals surface area (Å²) in [5.74, 6) is 2.19. The van der Waals surface area contributed by atoms with Crippen LogP contribution in [0.15, 0.2) is 65.8 Å². The van der Waals surface area contributed by atoms with Crippen LogP contribution in [0.3, 0.4) is 0 Å². The van der Waals surface area contributed by atoms with Crippen molar-refractivity contribution in [3.63, 3.8) is 0 Å². The summed E-state index contributed by atoms with van der Waals surface area (Å²) in [5, 5.41) is 16.9. The number of aliphatic hydroxyl groups excluding tert-OH is 1. The Morgan fingerprint density at radius 2 is 1.84 bits per heavy atom. The number of imidazole rings is 1. The van der Waals surface area contributed by atoms with Crippen molar-refractivity contribution in [1.82, 2.24) is 20.6 Å². The molecule has 0 spiro atoms. The predicted molar refractivity (Wildman–Crippen MR) is 124 cm³/mol. The fraction of sp³-hybridized carbons (Fsp3) is 0.333. The number of hydrogen-bond acceptors (Lipinski definition) is 4. The van der Waals surface area contributed by atoms with Crippen LogP contribution in [0.4, 0.5) is 0 Å². The summed E-state index contributed by atoms with van der Waals surface area (Å²) in [5.41, 5.74) is 2.87. The molecule has 1 atom stereocenters. The quantitative estimate of drug-likeness (QED) is 0.313. The Morgan fingerprint density at radius 3 is 2.52 bits per heavy atom. The van der Waals surface area contributed by atoms with Gasteiger partial charge >= 0.3 is 0 Å². The van der Waals surface area contributed by atoms with Gasteiger partial charge in [0, 0.05) is 13.1 Å². The van der Waals surface area contributed by atoms with Gasteiger partial charge in [0.1, 0.15) is 18.1 Å². The molecule has 0 aliphatic heterocycles. The number of benzene rings is 2. The molecule has 1 unspecified atom stereocenters. The third-order valence-corrected chi connectivity index (χ3v) is 4.54. The van der Waals surface area contributed by atoms with Crippen LogP contribution in [0.2, 0.25) is 0 Å². The molecule has 0 aliphatic rings. The summed E-state index contributed by atoms with van der Waals surface area (Å²) in [7, 11) is 0. The SMILES string of the molecule is CCNC(=NCc1ncc(-c2ccccc2)[nH]1)NCC(O)c1ccc(OC(C)C)cc1. The third kappa shape index (κ3) is 6.86. The molecule has 7 nitrogen and oxygen atoms in total. The van der Waals surface area contributed by atoms with Crippen molar-refractivity contribution in [1.29, 1.82) is 0 Å². The van der Waals surface area contributed by atoms with Crippen LogP contribution in [0.5, 0.6) is 5.75 Å². The topological polar surface area (TPSA) is 94.6 Å². The summed E-state index contributed by atoms with van der Waals surface area (Å²) in [4.78, 5) is 12.3. The summed E-state index contributed by atoms with van der Waals surface area (Å²) >= 11 is 0. The van der Waals surface area contributed by atoms with E-state index in [1.165, 1.54) is 0 Å². The number of ether oxygens (including phenoxy) is 1. The molecule has 7 heteroatoms. The highest BCUT2D eigenvalue weighted by atomic mass is 16.5. The van der Waals surface area contributed by atoms with E-state index < -0.39 is 6.10 Å². The Morgan fingerprint density at radius 1 is 1.10 bits per heavy atom. The fourth-order valence-corrected chi connectivity index (χ4v) is 3.05. The van der Waals surface area contributed by atoms with Gasteiger partial charge in [-0.25, -0.2) is 9.98 Å². The molecule has 3 aromatic rings. The first kappa shape index (κ1) is 22.4. The summed E-state index contributed by atoms with van der Waals surface area (Å²) < 4.78 is 5.65. The lowest BCUT2D eigenvalue weighted by Gasteiger charge is -2.16. The number of hydrogen-bond donors (Lipinski definition) is 4. The second-order valence-corrected chi connectivity index (χ2v) is 7.44.